The number of halogens is 1. The van der Waals surface area contributed by atoms with E-state index >= 15 is 0 Å². The van der Waals surface area contributed by atoms with E-state index < -0.39 is 28.5 Å². The predicted molar refractivity (Wildman–Crippen MR) is 115 cm³/mol. The monoisotopic (exact) mass is 491 g/mol. The summed E-state index contributed by atoms with van der Waals surface area (Å²) in [7, 11) is 1.31. The number of thioether (sulfide) groups is 1. The molecule has 11 heteroatoms. The number of nitrogens with one attached hydrogen (secondary N) is 1. The fraction of sp³-hybridized carbons (Fsp3) is 0.105. The number of carbonyl (C=O) groups is 3. The van der Waals surface area contributed by atoms with E-state index in [-0.39, 0.29) is 16.3 Å². The zero-order chi connectivity index (χ0) is 21.8. The zero-order valence-electron chi connectivity index (χ0n) is 15.5. The van der Waals surface area contributed by atoms with Crippen molar-refractivity contribution in [2.24, 2.45) is 0 Å². The predicted octanol–water partition coefficient (Wildman–Crippen LogP) is 4.04. The fourth-order valence-electron chi connectivity index (χ4n) is 2.60. The van der Waals surface area contributed by atoms with Crippen LogP contribution in [0.4, 0.5) is 16.2 Å². The summed E-state index contributed by atoms with van der Waals surface area (Å²) in [6.45, 7) is -0.444. The molecule has 0 saturated carbocycles. The third kappa shape index (κ3) is 4.86. The summed E-state index contributed by atoms with van der Waals surface area (Å²) in [6.07, 6.45) is 1.37. The van der Waals surface area contributed by atoms with Crippen molar-refractivity contribution in [1.82, 2.24) is 4.90 Å². The molecule has 1 aliphatic rings. The number of nitro groups is 1. The standard InChI is InChI=1S/C19H14BrN3O6S/c1-29-15-7-2-11(8-14(15)23(27)28)9-16-18(25)22(19(26)30-16)10-17(24)21-13-5-3-12(20)4-6-13/h2-9H,10H2,1H3,(H,21,24)/b16-9+. The topological polar surface area (TPSA) is 119 Å². The molecule has 0 aliphatic carbocycles. The summed E-state index contributed by atoms with van der Waals surface area (Å²) in [6, 6.07) is 11.0. The SMILES string of the molecule is COc1ccc(/C=C2/SC(=O)N(CC(=O)Nc3ccc(Br)cc3)C2=O)cc1[N+](=O)[O-]. The fourth-order valence-corrected chi connectivity index (χ4v) is 3.71. The molecular weight excluding hydrogens is 478 g/mol. The molecule has 3 amide bonds. The lowest BCUT2D eigenvalue weighted by atomic mass is 10.1. The van der Waals surface area contributed by atoms with Crippen molar-refractivity contribution in [2.45, 2.75) is 0 Å². The van der Waals surface area contributed by atoms with Gasteiger partial charge in [0.15, 0.2) is 5.75 Å². The molecule has 2 aromatic rings. The number of ether oxygens (including phenoxy) is 1. The minimum atomic E-state index is -0.644. The summed E-state index contributed by atoms with van der Waals surface area (Å²) in [5, 5.41) is 13.2. The largest absolute Gasteiger partial charge is 0.490 e. The van der Waals surface area contributed by atoms with Gasteiger partial charge in [-0.05, 0) is 53.7 Å². The summed E-state index contributed by atoms with van der Waals surface area (Å²) in [4.78, 5) is 48.4. The first-order chi connectivity index (χ1) is 14.3. The van der Waals surface area contributed by atoms with E-state index in [1.54, 1.807) is 24.3 Å². The maximum Gasteiger partial charge on any atom is 0.311 e. The normalized spacial score (nSPS) is 14.9. The lowest BCUT2D eigenvalue weighted by molar-refractivity contribution is -0.385. The number of nitrogens with zero attached hydrogens (tertiary/aromatic N) is 2. The number of hydrogen-bond acceptors (Lipinski definition) is 7. The minimum absolute atomic E-state index is 0.0657. The highest BCUT2D eigenvalue weighted by atomic mass is 79.9. The molecule has 0 aromatic heterocycles. The maximum absolute atomic E-state index is 12.6. The van der Waals surface area contributed by atoms with Crippen LogP contribution >= 0.6 is 27.7 Å². The molecule has 1 heterocycles. The highest BCUT2D eigenvalue weighted by Crippen LogP contribution is 2.34. The lowest BCUT2D eigenvalue weighted by Gasteiger charge is -2.12. The summed E-state index contributed by atoms with van der Waals surface area (Å²) >= 11 is 3.95. The lowest BCUT2D eigenvalue weighted by Crippen LogP contribution is -2.36. The van der Waals surface area contributed by atoms with Crippen LogP contribution in [0.5, 0.6) is 5.75 Å². The van der Waals surface area contributed by atoms with Gasteiger partial charge in [-0.3, -0.25) is 29.4 Å². The quantitative estimate of drug-likeness (QED) is 0.367. The van der Waals surface area contributed by atoms with Crippen molar-refractivity contribution in [3.05, 3.63) is 67.5 Å². The van der Waals surface area contributed by atoms with Crippen molar-refractivity contribution in [2.75, 3.05) is 19.0 Å². The number of methoxy groups -OCH3 is 1. The van der Waals surface area contributed by atoms with Crippen molar-refractivity contribution in [3.63, 3.8) is 0 Å². The van der Waals surface area contributed by atoms with Gasteiger partial charge in [-0.25, -0.2) is 0 Å². The molecule has 0 radical (unpaired) electrons. The van der Waals surface area contributed by atoms with Gasteiger partial charge >= 0.3 is 5.69 Å². The number of imide groups is 1. The minimum Gasteiger partial charge on any atom is -0.490 e. The molecule has 30 heavy (non-hydrogen) atoms. The molecule has 2 aromatic carbocycles. The first kappa shape index (κ1) is 21.5. The van der Waals surface area contributed by atoms with Gasteiger partial charge in [0.2, 0.25) is 5.91 Å². The van der Waals surface area contributed by atoms with E-state index in [9.17, 15) is 24.5 Å². The van der Waals surface area contributed by atoms with Crippen LogP contribution in [0.1, 0.15) is 5.56 Å². The molecule has 9 nitrogen and oxygen atoms in total. The number of nitro benzene ring substituents is 1. The Labute approximate surface area is 183 Å². The second kappa shape index (κ2) is 9.09. The average Bonchev–Trinajstić information content (AvgIpc) is 2.97. The highest BCUT2D eigenvalue weighted by molar-refractivity contribution is 9.10. The van der Waals surface area contributed by atoms with Gasteiger partial charge in [-0.1, -0.05) is 22.0 Å². The van der Waals surface area contributed by atoms with Crippen LogP contribution in [0.15, 0.2) is 51.8 Å². The molecule has 1 saturated heterocycles. The molecule has 154 valence electrons. The molecule has 0 unspecified atom stereocenters. The Morgan fingerprint density at radius 3 is 2.60 bits per heavy atom. The number of benzene rings is 2. The molecule has 1 aliphatic heterocycles. The Hall–Kier alpha value is -3.18. The van der Waals surface area contributed by atoms with Crippen LogP contribution in [0.25, 0.3) is 6.08 Å². The van der Waals surface area contributed by atoms with Crippen LogP contribution in [0, 0.1) is 10.1 Å². The van der Waals surface area contributed by atoms with E-state index in [0.717, 1.165) is 9.37 Å². The average molecular weight is 492 g/mol. The van der Waals surface area contributed by atoms with Gasteiger partial charge < -0.3 is 10.1 Å². The number of anilines is 1. The zero-order valence-corrected chi connectivity index (χ0v) is 17.9. The number of amides is 3. The number of rotatable bonds is 6. The third-order valence-electron chi connectivity index (χ3n) is 4.00. The van der Waals surface area contributed by atoms with E-state index in [1.165, 1.54) is 31.4 Å². The molecule has 3 rings (SSSR count). The van der Waals surface area contributed by atoms with E-state index in [1.807, 2.05) is 0 Å². The van der Waals surface area contributed by atoms with E-state index in [0.29, 0.717) is 23.0 Å². The second-order valence-electron chi connectivity index (χ2n) is 6.01. The smallest absolute Gasteiger partial charge is 0.311 e. The van der Waals surface area contributed by atoms with Crippen LogP contribution in [-0.2, 0) is 9.59 Å². The number of hydrogen-bond donors (Lipinski definition) is 1. The highest BCUT2D eigenvalue weighted by Gasteiger charge is 2.36. The molecule has 0 spiro atoms. The van der Waals surface area contributed by atoms with Crippen molar-refractivity contribution in [3.8, 4) is 5.75 Å². The number of carbonyl (C=O) groups excluding carboxylic acids is 3. The van der Waals surface area contributed by atoms with Crippen LogP contribution in [0.3, 0.4) is 0 Å². The van der Waals surface area contributed by atoms with Crippen molar-refractivity contribution < 1.29 is 24.0 Å². The second-order valence-corrected chi connectivity index (χ2v) is 7.92. The Balaban J connectivity index is 1.74. The molecule has 1 N–H and O–H groups in total. The summed E-state index contributed by atoms with van der Waals surface area (Å²) in [5.41, 5.74) is 0.614. The van der Waals surface area contributed by atoms with Gasteiger partial charge in [0.25, 0.3) is 11.1 Å². The van der Waals surface area contributed by atoms with Gasteiger partial charge in [-0.2, -0.15) is 0 Å². The van der Waals surface area contributed by atoms with Crippen molar-refractivity contribution >= 4 is 62.2 Å². The van der Waals surface area contributed by atoms with Crippen LogP contribution < -0.4 is 10.1 Å². The summed E-state index contributed by atoms with van der Waals surface area (Å²) < 4.78 is 5.78. The van der Waals surface area contributed by atoms with Gasteiger partial charge in [0.05, 0.1) is 16.9 Å². The van der Waals surface area contributed by atoms with Crippen LogP contribution in [0.2, 0.25) is 0 Å². The van der Waals surface area contributed by atoms with Crippen LogP contribution in [-0.4, -0.2) is 40.5 Å². The van der Waals surface area contributed by atoms with E-state index in [2.05, 4.69) is 21.2 Å². The molecule has 1 fully saturated rings. The Morgan fingerprint density at radius 2 is 1.97 bits per heavy atom. The van der Waals surface area contributed by atoms with Gasteiger partial charge in [0, 0.05) is 16.2 Å². The Bertz CT molecular complexity index is 1070. The third-order valence-corrected chi connectivity index (χ3v) is 5.44. The maximum atomic E-state index is 12.6. The first-order valence-corrected chi connectivity index (χ1v) is 10.0. The van der Waals surface area contributed by atoms with Gasteiger partial charge in [-0.15, -0.1) is 0 Å². The Kier molecular flexibility index (Phi) is 6.53. The first-order valence-electron chi connectivity index (χ1n) is 8.41. The molecule has 0 atom stereocenters. The van der Waals surface area contributed by atoms with E-state index in [4.69, 9.17) is 4.74 Å². The Morgan fingerprint density at radius 1 is 1.27 bits per heavy atom. The van der Waals surface area contributed by atoms with Crippen molar-refractivity contribution in [1.29, 1.82) is 0 Å². The summed E-state index contributed by atoms with van der Waals surface area (Å²) in [5.74, 6) is -1.09. The van der Waals surface area contributed by atoms with Gasteiger partial charge in [0.1, 0.15) is 6.54 Å². The molecule has 0 bridgehead atoms. The molecular formula is C19H14BrN3O6S.